The zero-order valence-electron chi connectivity index (χ0n) is 9.54. The van der Waals surface area contributed by atoms with E-state index < -0.39 is 0 Å². The van der Waals surface area contributed by atoms with Crippen molar-refractivity contribution in [2.45, 2.75) is 25.8 Å². The molecule has 1 aromatic rings. The molecule has 0 aliphatic heterocycles. The van der Waals surface area contributed by atoms with Crippen LogP contribution >= 0.6 is 11.3 Å². The van der Waals surface area contributed by atoms with E-state index in [1.54, 1.807) is 6.92 Å². The molecule has 1 aliphatic rings. The third-order valence-corrected chi connectivity index (χ3v) is 3.28. The molecule has 1 fully saturated rings. The normalized spacial score (nSPS) is 13.7. The number of carbonyl (C=O) groups is 1. The van der Waals surface area contributed by atoms with Gasteiger partial charge in [-0.1, -0.05) is 17.3 Å². The summed E-state index contributed by atoms with van der Waals surface area (Å²) in [4.78, 5) is 16.3. The summed E-state index contributed by atoms with van der Waals surface area (Å²) in [5.41, 5.74) is 5.71. The largest absolute Gasteiger partial charge is 0.382 e. The van der Waals surface area contributed by atoms with E-state index in [1.807, 2.05) is 0 Å². The third-order valence-electron chi connectivity index (χ3n) is 2.28. The smallest absolute Gasteiger partial charge is 0.266 e. The van der Waals surface area contributed by atoms with E-state index in [1.165, 1.54) is 11.3 Å². The Hall–Kier alpha value is -1.74. The van der Waals surface area contributed by atoms with Gasteiger partial charge in [-0.3, -0.25) is 4.79 Å². The lowest BCUT2D eigenvalue weighted by atomic mass is 10.4. The highest BCUT2D eigenvalue weighted by Gasteiger charge is 2.23. The summed E-state index contributed by atoms with van der Waals surface area (Å²) in [6.45, 7) is 2.06. The van der Waals surface area contributed by atoms with E-state index in [0.29, 0.717) is 17.5 Å². The predicted molar refractivity (Wildman–Crippen MR) is 69.0 cm³/mol. The van der Waals surface area contributed by atoms with Crippen molar-refractivity contribution in [1.29, 1.82) is 0 Å². The highest BCUT2D eigenvalue weighted by molar-refractivity contribution is 7.18. The van der Waals surface area contributed by atoms with E-state index in [-0.39, 0.29) is 11.7 Å². The number of hydrogen-bond acceptors (Lipinski definition) is 5. The van der Waals surface area contributed by atoms with E-state index in [4.69, 9.17) is 5.73 Å². The molecular formula is C11H14N4OS. The van der Waals surface area contributed by atoms with Gasteiger partial charge in [-0.15, -0.1) is 5.92 Å². The fourth-order valence-corrected chi connectivity index (χ4v) is 2.13. The Balaban J connectivity index is 1.99. The van der Waals surface area contributed by atoms with Gasteiger partial charge in [0, 0.05) is 6.04 Å². The van der Waals surface area contributed by atoms with Gasteiger partial charge in [-0.25, -0.2) is 4.98 Å². The average Bonchev–Trinajstić information content (AvgIpc) is 3.02. The molecule has 2 rings (SSSR count). The molecule has 5 nitrogen and oxygen atoms in total. The minimum absolute atomic E-state index is 0.216. The standard InChI is InChI=1S/C11H14N4OS/c1-2-3-6-13-10(16)8-9(12)15-11(17-8)14-7-4-5-7/h7H,4-6,12H2,1H3,(H,13,16)(H,14,15). The maximum atomic E-state index is 11.7. The number of nitrogens with two attached hydrogens (primary N) is 1. The number of thiazole rings is 1. The Kier molecular flexibility index (Phi) is 3.49. The molecule has 1 heterocycles. The van der Waals surface area contributed by atoms with Crippen LogP contribution in [-0.2, 0) is 0 Å². The van der Waals surface area contributed by atoms with Gasteiger partial charge in [-0.2, -0.15) is 0 Å². The molecular weight excluding hydrogens is 236 g/mol. The van der Waals surface area contributed by atoms with Crippen molar-refractivity contribution in [3.8, 4) is 11.8 Å². The molecule has 0 atom stereocenters. The lowest BCUT2D eigenvalue weighted by molar-refractivity contribution is 0.0963. The van der Waals surface area contributed by atoms with E-state index in [0.717, 1.165) is 18.0 Å². The summed E-state index contributed by atoms with van der Waals surface area (Å²) in [5.74, 6) is 5.53. The van der Waals surface area contributed by atoms with Gasteiger partial charge in [0.1, 0.15) is 10.7 Å². The van der Waals surface area contributed by atoms with Gasteiger partial charge in [0.25, 0.3) is 5.91 Å². The molecule has 0 unspecified atom stereocenters. The number of aromatic nitrogens is 1. The van der Waals surface area contributed by atoms with Gasteiger partial charge >= 0.3 is 0 Å². The summed E-state index contributed by atoms with van der Waals surface area (Å²) >= 11 is 1.29. The molecule has 4 N–H and O–H groups in total. The van der Waals surface area contributed by atoms with Crippen LogP contribution in [0.1, 0.15) is 29.4 Å². The van der Waals surface area contributed by atoms with Crippen molar-refractivity contribution in [3.05, 3.63) is 4.88 Å². The summed E-state index contributed by atoms with van der Waals surface area (Å²) in [6.07, 6.45) is 2.32. The zero-order valence-corrected chi connectivity index (χ0v) is 10.4. The molecule has 6 heteroatoms. The van der Waals surface area contributed by atoms with Crippen LogP contribution < -0.4 is 16.4 Å². The van der Waals surface area contributed by atoms with Crippen molar-refractivity contribution in [3.63, 3.8) is 0 Å². The number of nitrogen functional groups attached to an aromatic ring is 1. The fourth-order valence-electron chi connectivity index (χ4n) is 1.25. The lowest BCUT2D eigenvalue weighted by Crippen LogP contribution is -2.23. The fraction of sp³-hybridized carbons (Fsp3) is 0.455. The molecule has 1 saturated carbocycles. The Labute approximate surface area is 104 Å². The van der Waals surface area contributed by atoms with Crippen molar-refractivity contribution < 1.29 is 4.79 Å². The number of nitrogens with zero attached hydrogens (tertiary/aromatic N) is 1. The number of anilines is 2. The van der Waals surface area contributed by atoms with Crippen LogP contribution in [0.3, 0.4) is 0 Å². The molecule has 1 amide bonds. The van der Waals surface area contributed by atoms with Gasteiger partial charge in [0.15, 0.2) is 5.13 Å². The minimum atomic E-state index is -0.216. The number of hydrogen-bond donors (Lipinski definition) is 3. The van der Waals surface area contributed by atoms with Crippen molar-refractivity contribution >= 4 is 28.2 Å². The van der Waals surface area contributed by atoms with Crippen molar-refractivity contribution in [1.82, 2.24) is 10.3 Å². The second-order valence-electron chi connectivity index (χ2n) is 3.76. The Morgan fingerprint density at radius 2 is 2.41 bits per heavy atom. The Bertz CT molecular complexity index is 481. The first kappa shape index (κ1) is 11.7. The Morgan fingerprint density at radius 1 is 1.65 bits per heavy atom. The van der Waals surface area contributed by atoms with Crippen LogP contribution in [0.2, 0.25) is 0 Å². The quantitative estimate of drug-likeness (QED) is 0.698. The lowest BCUT2D eigenvalue weighted by Gasteiger charge is -1.97. The second-order valence-corrected chi connectivity index (χ2v) is 4.76. The molecule has 1 aliphatic carbocycles. The molecule has 17 heavy (non-hydrogen) atoms. The zero-order chi connectivity index (χ0) is 12.3. The van der Waals surface area contributed by atoms with E-state index >= 15 is 0 Å². The maximum absolute atomic E-state index is 11.7. The first-order chi connectivity index (χ1) is 8.20. The molecule has 0 bridgehead atoms. The van der Waals surface area contributed by atoms with Gasteiger partial charge in [0.2, 0.25) is 0 Å². The van der Waals surface area contributed by atoms with Gasteiger partial charge in [0.05, 0.1) is 6.54 Å². The molecule has 0 aromatic carbocycles. The van der Waals surface area contributed by atoms with Crippen LogP contribution in [0.4, 0.5) is 10.9 Å². The van der Waals surface area contributed by atoms with E-state index in [9.17, 15) is 4.79 Å². The highest BCUT2D eigenvalue weighted by Crippen LogP contribution is 2.30. The van der Waals surface area contributed by atoms with Gasteiger partial charge < -0.3 is 16.4 Å². The molecule has 0 saturated heterocycles. The number of nitrogens with one attached hydrogen (secondary N) is 2. The number of amides is 1. The number of carbonyl (C=O) groups excluding carboxylic acids is 1. The maximum Gasteiger partial charge on any atom is 0.266 e. The summed E-state index contributed by atoms with van der Waals surface area (Å²) in [6, 6.07) is 0.502. The molecule has 90 valence electrons. The topological polar surface area (TPSA) is 80.0 Å². The SMILES string of the molecule is CC#CCNC(=O)c1sc(NC2CC2)nc1N. The molecule has 0 radical (unpaired) electrons. The van der Waals surface area contributed by atoms with Crippen LogP contribution in [0.5, 0.6) is 0 Å². The predicted octanol–water partition coefficient (Wildman–Crippen LogP) is 1.05. The first-order valence-electron chi connectivity index (χ1n) is 5.41. The van der Waals surface area contributed by atoms with Crippen LogP contribution in [-0.4, -0.2) is 23.5 Å². The van der Waals surface area contributed by atoms with E-state index in [2.05, 4.69) is 27.5 Å². The number of rotatable bonds is 4. The first-order valence-corrected chi connectivity index (χ1v) is 6.23. The van der Waals surface area contributed by atoms with Crippen LogP contribution in [0.15, 0.2) is 0 Å². The molecule has 1 aromatic heterocycles. The highest BCUT2D eigenvalue weighted by atomic mass is 32.1. The third kappa shape index (κ3) is 3.11. The summed E-state index contributed by atoms with van der Waals surface area (Å²) in [5, 5.41) is 6.61. The molecule has 0 spiro atoms. The minimum Gasteiger partial charge on any atom is -0.382 e. The van der Waals surface area contributed by atoms with Crippen molar-refractivity contribution in [2.24, 2.45) is 0 Å². The Morgan fingerprint density at radius 3 is 3.06 bits per heavy atom. The average molecular weight is 250 g/mol. The van der Waals surface area contributed by atoms with Crippen molar-refractivity contribution in [2.75, 3.05) is 17.6 Å². The summed E-state index contributed by atoms with van der Waals surface area (Å²) < 4.78 is 0. The van der Waals surface area contributed by atoms with Crippen LogP contribution in [0, 0.1) is 11.8 Å². The monoisotopic (exact) mass is 250 g/mol. The second kappa shape index (κ2) is 5.06. The van der Waals surface area contributed by atoms with Crippen LogP contribution in [0.25, 0.3) is 0 Å². The van der Waals surface area contributed by atoms with Gasteiger partial charge in [-0.05, 0) is 19.8 Å². The summed E-state index contributed by atoms with van der Waals surface area (Å²) in [7, 11) is 0.